The molecule has 12 nitrogen and oxygen atoms in total. The van der Waals surface area contributed by atoms with E-state index in [2.05, 4.69) is 33.4 Å². The van der Waals surface area contributed by atoms with Gasteiger partial charge in [0.25, 0.3) is 5.56 Å². The van der Waals surface area contributed by atoms with Crippen molar-refractivity contribution < 1.29 is 14.3 Å². The van der Waals surface area contributed by atoms with Crippen molar-refractivity contribution in [3.8, 4) is 23.0 Å². The van der Waals surface area contributed by atoms with Gasteiger partial charge in [-0.15, -0.1) is 0 Å². The molecule has 0 atom stereocenters. The summed E-state index contributed by atoms with van der Waals surface area (Å²) in [4.78, 5) is 43.5. The lowest BCUT2D eigenvalue weighted by atomic mass is 10.1. The lowest BCUT2D eigenvalue weighted by Crippen LogP contribution is -2.40. The number of hydrogen-bond acceptors (Lipinski definition) is 7. The third-order valence-corrected chi connectivity index (χ3v) is 6.96. The first-order chi connectivity index (χ1) is 21.3. The van der Waals surface area contributed by atoms with Crippen LogP contribution in [0.5, 0.6) is 11.5 Å². The summed E-state index contributed by atoms with van der Waals surface area (Å²) in [5.41, 5.74) is 2.87. The highest BCUT2D eigenvalue weighted by Crippen LogP contribution is 2.29. The van der Waals surface area contributed by atoms with E-state index in [1.165, 1.54) is 19.4 Å². The first-order valence-electron chi connectivity index (χ1n) is 14.7. The molecule has 0 aliphatic heterocycles. The number of rotatable bonds is 12. The average molecular weight is 602 g/mol. The fourth-order valence-corrected chi connectivity index (χ4v) is 4.74. The van der Waals surface area contributed by atoms with Crippen LogP contribution in [-0.4, -0.2) is 42.4 Å². The predicted molar refractivity (Wildman–Crippen MR) is 170 cm³/mol. The lowest BCUT2D eigenvalue weighted by molar-refractivity contribution is -0.105. The molecule has 0 unspecified atom stereocenters. The highest BCUT2D eigenvalue weighted by molar-refractivity contribution is 5.76. The fraction of sp³-hybridized carbons (Fsp3) is 0.344. The van der Waals surface area contributed by atoms with E-state index in [1.54, 1.807) is 20.2 Å². The standard InChI is InChI=1S/C16H21N7O3.C16H18O2/c1-4-6-22-14-12(15(25)23(7-5-2)16(22)26)18-13(19-14)10-8-11(17-9-24)20-21(10)3;1-3-13-9-10-15(16(11-13)17-2)18-12-14-7-5-4-6-8-14/h8-9H,4-7H2,1-3H3,(H,18,19)(H,17,20,24);4-11H,3,12H2,1-2H3. The molecule has 2 aromatic carbocycles. The molecule has 0 fully saturated rings. The minimum Gasteiger partial charge on any atom is -0.493 e. The number of nitrogens with one attached hydrogen (secondary N) is 2. The quantitative estimate of drug-likeness (QED) is 0.201. The maximum Gasteiger partial charge on any atom is 0.332 e. The van der Waals surface area contributed by atoms with Crippen LogP contribution in [0.4, 0.5) is 5.82 Å². The van der Waals surface area contributed by atoms with E-state index in [0.29, 0.717) is 55.5 Å². The second-order valence-electron chi connectivity index (χ2n) is 10.1. The number of aryl methyl sites for hydroxylation is 3. The van der Waals surface area contributed by atoms with Gasteiger partial charge >= 0.3 is 5.69 Å². The number of amides is 1. The van der Waals surface area contributed by atoms with E-state index >= 15 is 0 Å². The van der Waals surface area contributed by atoms with Crippen LogP contribution < -0.4 is 26.0 Å². The molecule has 0 saturated carbocycles. The van der Waals surface area contributed by atoms with Crippen LogP contribution in [-0.2, 0) is 38.0 Å². The summed E-state index contributed by atoms with van der Waals surface area (Å²) < 4.78 is 15.4. The number of aromatic nitrogens is 6. The number of carbonyl (C=O) groups excluding carboxylic acids is 1. The summed E-state index contributed by atoms with van der Waals surface area (Å²) >= 11 is 0. The van der Waals surface area contributed by atoms with Crippen molar-refractivity contribution in [2.45, 2.75) is 59.7 Å². The van der Waals surface area contributed by atoms with Gasteiger partial charge in [0, 0.05) is 26.2 Å². The van der Waals surface area contributed by atoms with Gasteiger partial charge in [-0.1, -0.05) is 57.2 Å². The number of anilines is 1. The van der Waals surface area contributed by atoms with E-state index in [1.807, 2.05) is 56.3 Å². The second-order valence-corrected chi connectivity index (χ2v) is 10.1. The monoisotopic (exact) mass is 601 g/mol. The number of ether oxygens (including phenoxy) is 2. The predicted octanol–water partition coefficient (Wildman–Crippen LogP) is 4.51. The van der Waals surface area contributed by atoms with Crippen LogP contribution in [0.2, 0.25) is 0 Å². The summed E-state index contributed by atoms with van der Waals surface area (Å²) in [5.74, 6) is 2.36. The third-order valence-electron chi connectivity index (χ3n) is 6.96. The summed E-state index contributed by atoms with van der Waals surface area (Å²) in [5, 5.41) is 6.63. The van der Waals surface area contributed by atoms with Crippen molar-refractivity contribution >= 4 is 23.4 Å². The number of carbonyl (C=O) groups is 1. The lowest BCUT2D eigenvalue weighted by Gasteiger charge is -2.11. The Morgan fingerprint density at radius 1 is 0.932 bits per heavy atom. The number of aromatic amines is 1. The molecule has 5 rings (SSSR count). The van der Waals surface area contributed by atoms with Crippen LogP contribution >= 0.6 is 0 Å². The Kier molecular flexibility index (Phi) is 10.7. The van der Waals surface area contributed by atoms with Crippen LogP contribution in [0.1, 0.15) is 44.7 Å². The van der Waals surface area contributed by atoms with Crippen molar-refractivity contribution in [1.82, 2.24) is 28.9 Å². The van der Waals surface area contributed by atoms with Crippen LogP contribution in [0.3, 0.4) is 0 Å². The van der Waals surface area contributed by atoms with Gasteiger partial charge in [0.2, 0.25) is 6.41 Å². The van der Waals surface area contributed by atoms with Crippen LogP contribution in [0, 0.1) is 0 Å². The Balaban J connectivity index is 0.000000215. The summed E-state index contributed by atoms with van der Waals surface area (Å²) in [6, 6.07) is 17.8. The Morgan fingerprint density at radius 2 is 1.66 bits per heavy atom. The van der Waals surface area contributed by atoms with E-state index in [4.69, 9.17) is 9.47 Å². The largest absolute Gasteiger partial charge is 0.493 e. The first kappa shape index (κ1) is 31.8. The molecule has 2 N–H and O–H groups in total. The van der Waals surface area contributed by atoms with Gasteiger partial charge in [0.1, 0.15) is 17.8 Å². The first-order valence-corrected chi connectivity index (χ1v) is 14.7. The summed E-state index contributed by atoms with van der Waals surface area (Å²) in [7, 11) is 3.37. The molecule has 1 amide bonds. The molecule has 0 radical (unpaired) electrons. The SMILES string of the molecule is CCCn1c(=O)c2[nH]c(-c3cc(NC=O)nn3C)nc2n(CCC)c1=O.CCc1ccc(OCc2ccccc2)c(OC)c1. The number of fused-ring (bicyclic) bond motifs is 1. The maximum atomic E-state index is 12.7. The number of H-pyrrole nitrogens is 1. The van der Waals surface area contributed by atoms with Crippen molar-refractivity contribution in [1.29, 1.82) is 0 Å². The van der Waals surface area contributed by atoms with Crippen molar-refractivity contribution in [3.05, 3.63) is 86.6 Å². The number of benzene rings is 2. The van der Waals surface area contributed by atoms with Gasteiger partial charge in [-0.3, -0.25) is 23.4 Å². The van der Waals surface area contributed by atoms with Crippen LogP contribution in [0.25, 0.3) is 22.7 Å². The smallest absolute Gasteiger partial charge is 0.332 e. The molecular weight excluding hydrogens is 562 g/mol. The van der Waals surface area contributed by atoms with Crippen molar-refractivity contribution in [2.75, 3.05) is 12.4 Å². The molecule has 3 aromatic heterocycles. The summed E-state index contributed by atoms with van der Waals surface area (Å²) in [6.07, 6.45) is 2.94. The van der Waals surface area contributed by atoms with Gasteiger partial charge in [0.15, 0.2) is 28.8 Å². The van der Waals surface area contributed by atoms with Gasteiger partial charge in [0.05, 0.1) is 7.11 Å². The Morgan fingerprint density at radius 3 is 2.32 bits per heavy atom. The molecule has 232 valence electrons. The molecule has 12 heteroatoms. The number of hydrogen-bond donors (Lipinski definition) is 2. The minimum atomic E-state index is -0.383. The van der Waals surface area contributed by atoms with Crippen molar-refractivity contribution in [3.63, 3.8) is 0 Å². The maximum absolute atomic E-state index is 12.7. The van der Waals surface area contributed by atoms with E-state index in [-0.39, 0.29) is 16.8 Å². The van der Waals surface area contributed by atoms with Gasteiger partial charge < -0.3 is 19.8 Å². The number of imidazole rings is 1. The van der Waals surface area contributed by atoms with E-state index in [9.17, 15) is 14.4 Å². The Labute approximate surface area is 255 Å². The molecule has 3 heterocycles. The highest BCUT2D eigenvalue weighted by atomic mass is 16.5. The zero-order valence-electron chi connectivity index (χ0n) is 25.8. The van der Waals surface area contributed by atoms with Gasteiger partial charge in [-0.05, 0) is 42.5 Å². The van der Waals surface area contributed by atoms with Gasteiger partial charge in [-0.25, -0.2) is 9.78 Å². The molecule has 0 aliphatic carbocycles. The zero-order chi connectivity index (χ0) is 31.6. The van der Waals surface area contributed by atoms with Crippen molar-refractivity contribution in [2.24, 2.45) is 7.05 Å². The van der Waals surface area contributed by atoms with Gasteiger partial charge in [-0.2, -0.15) is 5.10 Å². The number of methoxy groups -OCH3 is 1. The molecule has 44 heavy (non-hydrogen) atoms. The molecule has 0 bridgehead atoms. The minimum absolute atomic E-state index is 0.285. The highest BCUT2D eigenvalue weighted by Gasteiger charge is 2.19. The topological polar surface area (TPSA) is 138 Å². The van der Waals surface area contributed by atoms with E-state index in [0.717, 1.165) is 29.9 Å². The molecular formula is C32H39N7O5. The van der Waals surface area contributed by atoms with Crippen LogP contribution in [0.15, 0.2) is 64.2 Å². The molecule has 0 spiro atoms. The Hall–Kier alpha value is -5.13. The average Bonchev–Trinajstić information content (AvgIpc) is 3.64. The molecule has 5 aromatic rings. The normalized spacial score (nSPS) is 10.8. The fourth-order valence-electron chi connectivity index (χ4n) is 4.74. The summed E-state index contributed by atoms with van der Waals surface area (Å²) in [6.45, 7) is 7.37. The number of nitrogens with zero attached hydrogens (tertiary/aromatic N) is 5. The third kappa shape index (κ3) is 7.08. The van der Waals surface area contributed by atoms with E-state index < -0.39 is 0 Å². The molecule has 0 aliphatic rings. The Bertz CT molecular complexity index is 1820. The second kappa shape index (κ2) is 14.9. The molecule has 0 saturated heterocycles. The zero-order valence-corrected chi connectivity index (χ0v) is 25.8.